The number of amides is 1. The number of carbonyl (C=O) groups is 1. The molecule has 4 nitrogen and oxygen atoms in total. The Morgan fingerprint density at radius 1 is 1.42 bits per heavy atom. The van der Waals surface area contributed by atoms with E-state index in [0.717, 1.165) is 17.7 Å². The fraction of sp³-hybridized carbons (Fsp3) is 0.214. The van der Waals surface area contributed by atoms with Crippen molar-refractivity contribution in [3.8, 4) is 5.75 Å². The molecule has 5 heteroatoms. The van der Waals surface area contributed by atoms with Gasteiger partial charge in [-0.25, -0.2) is 0 Å². The Labute approximate surface area is 116 Å². The van der Waals surface area contributed by atoms with Crippen molar-refractivity contribution in [2.24, 2.45) is 0 Å². The molecule has 0 spiro atoms. The fourth-order valence-electron chi connectivity index (χ4n) is 1.70. The van der Waals surface area contributed by atoms with Crippen LogP contribution in [0.1, 0.15) is 15.9 Å². The van der Waals surface area contributed by atoms with Crippen LogP contribution in [0.15, 0.2) is 41.0 Å². The summed E-state index contributed by atoms with van der Waals surface area (Å²) >= 11 is 5.73. The van der Waals surface area contributed by atoms with E-state index in [9.17, 15) is 4.79 Å². The van der Waals surface area contributed by atoms with Crippen molar-refractivity contribution < 1.29 is 13.9 Å². The van der Waals surface area contributed by atoms with E-state index in [1.54, 1.807) is 13.2 Å². The maximum Gasteiger partial charge on any atom is 0.256 e. The summed E-state index contributed by atoms with van der Waals surface area (Å²) in [5.74, 6) is 0.573. The number of furan rings is 1. The van der Waals surface area contributed by atoms with Crippen LogP contribution in [0.4, 0.5) is 0 Å². The Hall–Kier alpha value is -1.94. The van der Waals surface area contributed by atoms with Crippen LogP contribution in [0.2, 0.25) is 5.22 Å². The summed E-state index contributed by atoms with van der Waals surface area (Å²) in [6.07, 6.45) is 2.11. The van der Waals surface area contributed by atoms with Crippen molar-refractivity contribution in [3.05, 3.63) is 52.9 Å². The highest BCUT2D eigenvalue weighted by atomic mass is 35.5. The quantitative estimate of drug-likeness (QED) is 0.915. The van der Waals surface area contributed by atoms with Crippen LogP contribution in [-0.2, 0) is 6.42 Å². The molecule has 2 aromatic rings. The lowest BCUT2D eigenvalue weighted by Crippen LogP contribution is -2.25. The van der Waals surface area contributed by atoms with Crippen LogP contribution in [0.3, 0.4) is 0 Å². The summed E-state index contributed by atoms with van der Waals surface area (Å²) in [4.78, 5) is 11.8. The maximum atomic E-state index is 11.8. The molecule has 0 atom stereocenters. The van der Waals surface area contributed by atoms with E-state index in [1.807, 2.05) is 24.3 Å². The minimum atomic E-state index is -0.235. The highest BCUT2D eigenvalue weighted by molar-refractivity contribution is 6.32. The molecule has 100 valence electrons. The molecule has 19 heavy (non-hydrogen) atoms. The van der Waals surface area contributed by atoms with Crippen LogP contribution >= 0.6 is 11.6 Å². The number of nitrogens with one attached hydrogen (secondary N) is 1. The molecule has 2 rings (SSSR count). The number of benzene rings is 1. The second kappa shape index (κ2) is 6.29. The highest BCUT2D eigenvalue weighted by Gasteiger charge is 2.11. The predicted molar refractivity (Wildman–Crippen MR) is 72.7 cm³/mol. The van der Waals surface area contributed by atoms with Gasteiger partial charge in [-0.1, -0.05) is 12.1 Å². The van der Waals surface area contributed by atoms with Gasteiger partial charge in [0, 0.05) is 6.54 Å². The molecule has 0 aliphatic rings. The Balaban J connectivity index is 1.86. The lowest BCUT2D eigenvalue weighted by molar-refractivity contribution is 0.0953. The lowest BCUT2D eigenvalue weighted by atomic mass is 10.1. The minimum absolute atomic E-state index is 0.110. The summed E-state index contributed by atoms with van der Waals surface area (Å²) in [5.41, 5.74) is 1.45. The van der Waals surface area contributed by atoms with Crippen LogP contribution in [0.25, 0.3) is 0 Å². The number of ether oxygens (including phenoxy) is 1. The summed E-state index contributed by atoms with van der Waals surface area (Å²) < 4.78 is 10.0. The number of hydrogen-bond donors (Lipinski definition) is 1. The largest absolute Gasteiger partial charge is 0.497 e. The Morgan fingerprint density at radius 2 is 2.26 bits per heavy atom. The lowest BCUT2D eigenvalue weighted by Gasteiger charge is -2.06. The van der Waals surface area contributed by atoms with Gasteiger partial charge < -0.3 is 14.5 Å². The van der Waals surface area contributed by atoms with Gasteiger partial charge in [0.25, 0.3) is 5.91 Å². The molecule has 1 amide bonds. The third kappa shape index (κ3) is 3.51. The predicted octanol–water partition coefficient (Wildman–Crippen LogP) is 2.91. The summed E-state index contributed by atoms with van der Waals surface area (Å²) in [6.45, 7) is 0.521. The molecule has 1 aromatic heterocycles. The average molecular weight is 280 g/mol. The molecular formula is C14H14ClNO3. The Bertz CT molecular complexity index is 565. The minimum Gasteiger partial charge on any atom is -0.497 e. The zero-order valence-corrected chi connectivity index (χ0v) is 11.2. The molecule has 0 fully saturated rings. The van der Waals surface area contributed by atoms with Crippen molar-refractivity contribution in [2.45, 2.75) is 6.42 Å². The van der Waals surface area contributed by atoms with Crippen LogP contribution < -0.4 is 10.1 Å². The molecule has 0 radical (unpaired) electrons. The first kappa shape index (κ1) is 13.5. The van der Waals surface area contributed by atoms with E-state index < -0.39 is 0 Å². The van der Waals surface area contributed by atoms with E-state index in [4.69, 9.17) is 20.8 Å². The van der Waals surface area contributed by atoms with Gasteiger partial charge >= 0.3 is 0 Å². The average Bonchev–Trinajstić information content (AvgIpc) is 2.85. The topological polar surface area (TPSA) is 51.5 Å². The fourth-order valence-corrected chi connectivity index (χ4v) is 1.90. The van der Waals surface area contributed by atoms with Gasteiger partial charge in [-0.05, 0) is 41.8 Å². The van der Waals surface area contributed by atoms with Crippen LogP contribution in [-0.4, -0.2) is 19.6 Å². The zero-order valence-electron chi connectivity index (χ0n) is 10.5. The van der Waals surface area contributed by atoms with Crippen molar-refractivity contribution in [1.29, 1.82) is 0 Å². The normalized spacial score (nSPS) is 10.2. The van der Waals surface area contributed by atoms with Crippen molar-refractivity contribution in [2.75, 3.05) is 13.7 Å². The smallest absolute Gasteiger partial charge is 0.256 e. The van der Waals surface area contributed by atoms with Gasteiger partial charge in [-0.3, -0.25) is 4.79 Å². The van der Waals surface area contributed by atoms with Gasteiger partial charge in [0.05, 0.1) is 18.9 Å². The van der Waals surface area contributed by atoms with Crippen molar-refractivity contribution >= 4 is 17.5 Å². The monoisotopic (exact) mass is 279 g/mol. The second-order valence-corrected chi connectivity index (χ2v) is 4.31. The molecule has 0 unspecified atom stereocenters. The summed E-state index contributed by atoms with van der Waals surface area (Å²) in [5, 5.41) is 2.90. The SMILES string of the molecule is COc1cccc(CCNC(=O)c2ccoc2Cl)c1. The zero-order chi connectivity index (χ0) is 13.7. The third-order valence-electron chi connectivity index (χ3n) is 2.70. The number of carbonyl (C=O) groups excluding carboxylic acids is 1. The van der Waals surface area contributed by atoms with Gasteiger partial charge in [0.1, 0.15) is 5.75 Å². The van der Waals surface area contributed by atoms with E-state index in [-0.39, 0.29) is 11.1 Å². The first-order valence-corrected chi connectivity index (χ1v) is 6.22. The van der Waals surface area contributed by atoms with E-state index in [0.29, 0.717) is 12.1 Å². The van der Waals surface area contributed by atoms with Gasteiger partial charge in [-0.2, -0.15) is 0 Å². The number of methoxy groups -OCH3 is 1. The highest BCUT2D eigenvalue weighted by Crippen LogP contribution is 2.16. The maximum absolute atomic E-state index is 11.8. The Kier molecular flexibility index (Phi) is 4.47. The third-order valence-corrected chi connectivity index (χ3v) is 2.99. The second-order valence-electron chi connectivity index (χ2n) is 3.97. The standard InChI is InChI=1S/C14H14ClNO3/c1-18-11-4-2-3-10(9-11)5-7-16-14(17)12-6-8-19-13(12)15/h2-4,6,8-9H,5,7H2,1H3,(H,16,17). The van der Waals surface area contributed by atoms with Crippen molar-refractivity contribution in [3.63, 3.8) is 0 Å². The molecule has 0 aliphatic heterocycles. The first-order chi connectivity index (χ1) is 9.20. The van der Waals surface area contributed by atoms with E-state index in [2.05, 4.69) is 5.32 Å². The summed E-state index contributed by atoms with van der Waals surface area (Å²) in [7, 11) is 1.63. The summed E-state index contributed by atoms with van der Waals surface area (Å²) in [6, 6.07) is 9.27. The number of hydrogen-bond acceptors (Lipinski definition) is 3. The molecule has 1 aromatic carbocycles. The van der Waals surface area contributed by atoms with E-state index >= 15 is 0 Å². The van der Waals surface area contributed by atoms with Crippen LogP contribution in [0.5, 0.6) is 5.75 Å². The molecule has 0 saturated heterocycles. The number of halogens is 1. The molecule has 1 heterocycles. The van der Waals surface area contributed by atoms with Crippen LogP contribution in [0, 0.1) is 0 Å². The van der Waals surface area contributed by atoms with E-state index in [1.165, 1.54) is 6.26 Å². The molecule has 0 aliphatic carbocycles. The molecule has 1 N–H and O–H groups in total. The first-order valence-electron chi connectivity index (χ1n) is 5.85. The van der Waals surface area contributed by atoms with Gasteiger partial charge in [0.15, 0.2) is 0 Å². The van der Waals surface area contributed by atoms with Gasteiger partial charge in [0.2, 0.25) is 5.22 Å². The Morgan fingerprint density at radius 3 is 2.95 bits per heavy atom. The van der Waals surface area contributed by atoms with Crippen molar-refractivity contribution in [1.82, 2.24) is 5.32 Å². The molecule has 0 saturated carbocycles. The molecule has 0 bridgehead atoms. The van der Waals surface area contributed by atoms with Gasteiger partial charge in [-0.15, -0.1) is 0 Å². The number of rotatable bonds is 5. The molecular weight excluding hydrogens is 266 g/mol.